The largest absolute Gasteiger partial charge is 0.0984 e. The van der Waals surface area contributed by atoms with Gasteiger partial charge in [0.15, 0.2) is 0 Å². The normalized spacial score (nSPS) is 10.4. The number of hydrogen-bond acceptors (Lipinski definition) is 0. The molecule has 0 spiro atoms. The highest BCUT2D eigenvalue weighted by Crippen LogP contribution is 2.30. The molecule has 0 amide bonds. The molecule has 0 N–H and O–H groups in total. The van der Waals surface area contributed by atoms with Gasteiger partial charge in [-0.2, -0.15) is 0 Å². The first-order chi connectivity index (χ1) is 9.81. The third-order valence-corrected chi connectivity index (χ3v) is 3.62. The van der Waals surface area contributed by atoms with Gasteiger partial charge in [-0.3, -0.25) is 0 Å². The minimum absolute atomic E-state index is 1.04. The molecule has 3 aromatic carbocycles. The summed E-state index contributed by atoms with van der Waals surface area (Å²) in [5.41, 5.74) is 4.47. The van der Waals surface area contributed by atoms with Crippen molar-refractivity contribution in [3.8, 4) is 0 Å². The zero-order valence-corrected chi connectivity index (χ0v) is 11.3. The van der Waals surface area contributed by atoms with Crippen LogP contribution in [-0.4, -0.2) is 0 Å². The van der Waals surface area contributed by atoms with E-state index in [1.807, 2.05) is 18.2 Å². The Hall–Kier alpha value is -2.60. The van der Waals surface area contributed by atoms with Gasteiger partial charge in [-0.25, -0.2) is 0 Å². The Morgan fingerprint density at radius 1 is 0.750 bits per heavy atom. The Kier molecular flexibility index (Phi) is 3.22. The smallest absolute Gasteiger partial charge is 0.0105 e. The van der Waals surface area contributed by atoms with Gasteiger partial charge >= 0.3 is 0 Å². The maximum atomic E-state index is 4.31. The summed E-state index contributed by atoms with van der Waals surface area (Å²) in [6.07, 6.45) is 1.88. The molecule has 0 unspecified atom stereocenters. The molecule has 96 valence electrons. The van der Waals surface area contributed by atoms with Gasteiger partial charge in [0.1, 0.15) is 0 Å². The van der Waals surface area contributed by atoms with Crippen LogP contribution >= 0.6 is 0 Å². The van der Waals surface area contributed by atoms with Crippen LogP contribution in [0.1, 0.15) is 16.7 Å². The predicted molar refractivity (Wildman–Crippen MR) is 88.6 cm³/mol. The zero-order valence-electron chi connectivity index (χ0n) is 11.3. The van der Waals surface area contributed by atoms with Gasteiger partial charge in [0.05, 0.1) is 0 Å². The lowest BCUT2D eigenvalue weighted by atomic mass is 9.92. The molecule has 0 nitrogen and oxygen atoms in total. The summed E-state index contributed by atoms with van der Waals surface area (Å²) < 4.78 is 0. The summed E-state index contributed by atoms with van der Waals surface area (Å²) >= 11 is 0. The number of fused-ring (bicyclic) bond motifs is 1. The van der Waals surface area contributed by atoms with Crippen LogP contribution in [0.2, 0.25) is 0 Å². The summed E-state index contributed by atoms with van der Waals surface area (Å²) in [6, 6.07) is 23.0. The third-order valence-electron chi connectivity index (χ3n) is 3.62. The average Bonchev–Trinajstić information content (AvgIpc) is 2.53. The summed E-state index contributed by atoms with van der Waals surface area (Å²) in [5.74, 6) is 0. The molecule has 0 bridgehead atoms. The van der Waals surface area contributed by atoms with Crippen molar-refractivity contribution in [1.29, 1.82) is 0 Å². The van der Waals surface area contributed by atoms with Crippen molar-refractivity contribution in [2.24, 2.45) is 0 Å². The molecule has 0 saturated carbocycles. The molecule has 3 rings (SSSR count). The van der Waals surface area contributed by atoms with E-state index in [1.165, 1.54) is 16.3 Å². The Morgan fingerprint density at radius 2 is 1.40 bits per heavy atom. The van der Waals surface area contributed by atoms with Crippen molar-refractivity contribution < 1.29 is 0 Å². The van der Waals surface area contributed by atoms with Crippen molar-refractivity contribution in [3.05, 3.63) is 96.6 Å². The second-order valence-corrected chi connectivity index (χ2v) is 4.80. The van der Waals surface area contributed by atoms with Gasteiger partial charge in [0, 0.05) is 0 Å². The maximum Gasteiger partial charge on any atom is -0.0105 e. The van der Waals surface area contributed by atoms with Gasteiger partial charge < -0.3 is 0 Å². The molecule has 0 aromatic heterocycles. The standard InChI is InChI=1S/C20H16/c1-3-16-9-4-6-12-18(16)15(2)19-14-8-11-17-10-5-7-13-20(17)19/h3-14H,1-2H2. The minimum atomic E-state index is 1.04. The van der Waals surface area contributed by atoms with E-state index in [0.717, 1.165) is 16.7 Å². The van der Waals surface area contributed by atoms with Crippen LogP contribution in [-0.2, 0) is 0 Å². The predicted octanol–water partition coefficient (Wildman–Crippen LogP) is 5.54. The van der Waals surface area contributed by atoms with Crippen LogP contribution in [0.4, 0.5) is 0 Å². The summed E-state index contributed by atoms with van der Waals surface area (Å²) in [6.45, 7) is 8.20. The highest BCUT2D eigenvalue weighted by molar-refractivity contribution is 5.98. The molecular weight excluding hydrogens is 240 g/mol. The van der Waals surface area contributed by atoms with Gasteiger partial charge in [0.25, 0.3) is 0 Å². The minimum Gasteiger partial charge on any atom is -0.0984 e. The Morgan fingerprint density at radius 3 is 2.25 bits per heavy atom. The summed E-state index contributed by atoms with van der Waals surface area (Å²) in [4.78, 5) is 0. The first kappa shape index (κ1) is 12.4. The third kappa shape index (κ3) is 2.06. The van der Waals surface area contributed by atoms with Gasteiger partial charge in [-0.1, -0.05) is 86.0 Å². The fourth-order valence-corrected chi connectivity index (χ4v) is 2.58. The van der Waals surface area contributed by atoms with E-state index in [4.69, 9.17) is 0 Å². The Bertz CT molecular complexity index is 789. The van der Waals surface area contributed by atoms with Gasteiger partial charge in [0.2, 0.25) is 0 Å². The summed E-state index contributed by atoms with van der Waals surface area (Å²) in [5, 5.41) is 2.47. The number of hydrogen-bond donors (Lipinski definition) is 0. The van der Waals surface area contributed by atoms with Crippen molar-refractivity contribution in [1.82, 2.24) is 0 Å². The quantitative estimate of drug-likeness (QED) is 0.576. The van der Waals surface area contributed by atoms with E-state index in [0.29, 0.717) is 0 Å². The zero-order chi connectivity index (χ0) is 13.9. The van der Waals surface area contributed by atoms with E-state index in [2.05, 4.69) is 67.8 Å². The van der Waals surface area contributed by atoms with Gasteiger partial charge in [-0.05, 0) is 33.0 Å². The second-order valence-electron chi connectivity index (χ2n) is 4.80. The van der Waals surface area contributed by atoms with Crippen molar-refractivity contribution in [3.63, 3.8) is 0 Å². The lowest BCUT2D eigenvalue weighted by molar-refractivity contribution is 1.56. The van der Waals surface area contributed by atoms with Crippen LogP contribution in [0.25, 0.3) is 22.4 Å². The highest BCUT2D eigenvalue weighted by atomic mass is 14.1. The van der Waals surface area contributed by atoms with E-state index in [1.54, 1.807) is 0 Å². The molecule has 0 heteroatoms. The van der Waals surface area contributed by atoms with Crippen LogP contribution in [0.15, 0.2) is 79.9 Å². The van der Waals surface area contributed by atoms with Crippen LogP contribution in [0.5, 0.6) is 0 Å². The molecule has 20 heavy (non-hydrogen) atoms. The second kappa shape index (κ2) is 5.18. The molecule has 0 aliphatic carbocycles. The van der Waals surface area contributed by atoms with Crippen LogP contribution in [0.3, 0.4) is 0 Å². The first-order valence-corrected chi connectivity index (χ1v) is 6.70. The average molecular weight is 256 g/mol. The lowest BCUT2D eigenvalue weighted by Gasteiger charge is -2.12. The number of rotatable bonds is 3. The molecule has 0 saturated heterocycles. The summed E-state index contributed by atoms with van der Waals surface area (Å²) in [7, 11) is 0. The molecule has 3 aromatic rings. The molecule has 0 aliphatic rings. The molecule has 0 radical (unpaired) electrons. The van der Waals surface area contributed by atoms with Gasteiger partial charge in [-0.15, -0.1) is 0 Å². The van der Waals surface area contributed by atoms with Crippen molar-refractivity contribution in [2.45, 2.75) is 0 Å². The first-order valence-electron chi connectivity index (χ1n) is 6.70. The van der Waals surface area contributed by atoms with E-state index < -0.39 is 0 Å². The fraction of sp³-hybridized carbons (Fsp3) is 0. The van der Waals surface area contributed by atoms with Crippen molar-refractivity contribution >= 4 is 22.4 Å². The molecule has 0 fully saturated rings. The van der Waals surface area contributed by atoms with E-state index in [-0.39, 0.29) is 0 Å². The highest BCUT2D eigenvalue weighted by Gasteiger charge is 2.08. The van der Waals surface area contributed by atoms with E-state index in [9.17, 15) is 0 Å². The van der Waals surface area contributed by atoms with Crippen LogP contribution in [0, 0.1) is 0 Å². The van der Waals surface area contributed by atoms with Crippen molar-refractivity contribution in [2.75, 3.05) is 0 Å². The Balaban J connectivity index is 2.21. The van der Waals surface area contributed by atoms with Crippen LogP contribution < -0.4 is 0 Å². The SMILES string of the molecule is C=Cc1ccccc1C(=C)c1cccc2ccccc12. The molecular formula is C20H16. The molecule has 0 atom stereocenters. The fourth-order valence-electron chi connectivity index (χ4n) is 2.58. The Labute approximate surface area is 119 Å². The van der Waals surface area contributed by atoms with E-state index >= 15 is 0 Å². The topological polar surface area (TPSA) is 0 Å². The maximum absolute atomic E-state index is 4.31. The number of benzene rings is 3. The lowest BCUT2D eigenvalue weighted by Crippen LogP contribution is -1.91. The molecule has 0 heterocycles. The monoisotopic (exact) mass is 256 g/mol. The molecule has 0 aliphatic heterocycles.